The fraction of sp³-hybridized carbons (Fsp3) is 0.333. The first-order chi connectivity index (χ1) is 5.65. The molecule has 0 aliphatic carbocycles. The zero-order chi connectivity index (χ0) is 9.14. The Morgan fingerprint density at radius 2 is 1.92 bits per heavy atom. The molecule has 0 aromatic heterocycles. The molecule has 0 fully saturated rings. The summed E-state index contributed by atoms with van der Waals surface area (Å²) in [5.41, 5.74) is 1.57. The second kappa shape index (κ2) is 3.45. The second-order valence-corrected chi connectivity index (χ2v) is 2.80. The van der Waals surface area contributed by atoms with Gasteiger partial charge in [-0.25, -0.2) is 0 Å². The van der Waals surface area contributed by atoms with Gasteiger partial charge in [0.2, 0.25) is 0 Å². The fourth-order valence-corrected chi connectivity index (χ4v) is 1.08. The van der Waals surface area contributed by atoms with Crippen molar-refractivity contribution in [2.75, 3.05) is 7.05 Å². The molecule has 12 heavy (non-hydrogen) atoms. The van der Waals surface area contributed by atoms with Gasteiger partial charge in [0.05, 0.1) is 0 Å². The van der Waals surface area contributed by atoms with Crippen molar-refractivity contribution in [3.63, 3.8) is 0 Å². The second-order valence-electron chi connectivity index (χ2n) is 2.80. The van der Waals surface area contributed by atoms with E-state index in [1.165, 1.54) is 6.07 Å². The topological polar surface area (TPSA) is 52.5 Å². The Hall–Kier alpha value is -1.22. The predicted octanol–water partition coefficient (Wildman–Crippen LogP) is 1.13. The van der Waals surface area contributed by atoms with Gasteiger partial charge in [0, 0.05) is 18.2 Å². The van der Waals surface area contributed by atoms with Gasteiger partial charge in [0.15, 0.2) is 0 Å². The maximum Gasteiger partial charge on any atom is 0.123 e. The van der Waals surface area contributed by atoms with E-state index in [4.69, 9.17) is 0 Å². The normalized spacial score (nSPS) is 10.2. The standard InChI is InChI=1S/C9H13NO2/c1-6-3-7(5-10-2)9(12)4-8(6)11/h3-4,10-12H,5H2,1-2H3. The number of hydrogen-bond acceptors (Lipinski definition) is 3. The Balaban J connectivity index is 3.05. The van der Waals surface area contributed by atoms with Crippen LogP contribution in [0.5, 0.6) is 11.5 Å². The van der Waals surface area contributed by atoms with E-state index in [9.17, 15) is 10.2 Å². The molecule has 0 radical (unpaired) electrons. The van der Waals surface area contributed by atoms with Gasteiger partial charge in [-0.2, -0.15) is 0 Å². The summed E-state index contributed by atoms with van der Waals surface area (Å²) in [6.07, 6.45) is 0. The minimum absolute atomic E-state index is 0.132. The molecule has 0 atom stereocenters. The summed E-state index contributed by atoms with van der Waals surface area (Å²) < 4.78 is 0. The van der Waals surface area contributed by atoms with E-state index in [1.807, 2.05) is 7.05 Å². The number of phenols is 2. The smallest absolute Gasteiger partial charge is 0.123 e. The van der Waals surface area contributed by atoms with Crippen LogP contribution in [0.25, 0.3) is 0 Å². The number of aromatic hydroxyl groups is 2. The van der Waals surface area contributed by atoms with Crippen LogP contribution < -0.4 is 5.32 Å². The highest BCUT2D eigenvalue weighted by Crippen LogP contribution is 2.26. The Morgan fingerprint density at radius 1 is 1.25 bits per heavy atom. The lowest BCUT2D eigenvalue weighted by Crippen LogP contribution is -2.05. The first-order valence-corrected chi connectivity index (χ1v) is 3.81. The summed E-state index contributed by atoms with van der Waals surface area (Å²) in [6.45, 7) is 2.40. The quantitative estimate of drug-likeness (QED) is 0.618. The molecule has 3 nitrogen and oxygen atoms in total. The van der Waals surface area contributed by atoms with E-state index in [-0.39, 0.29) is 11.5 Å². The van der Waals surface area contributed by atoms with E-state index in [0.717, 1.165) is 11.1 Å². The molecular formula is C9H13NO2. The van der Waals surface area contributed by atoms with Crippen LogP contribution in [0.15, 0.2) is 12.1 Å². The van der Waals surface area contributed by atoms with E-state index in [2.05, 4.69) is 5.32 Å². The van der Waals surface area contributed by atoms with Crippen LogP contribution in [0, 0.1) is 6.92 Å². The number of nitrogens with one attached hydrogen (secondary N) is 1. The fourth-order valence-electron chi connectivity index (χ4n) is 1.08. The molecule has 0 saturated heterocycles. The van der Waals surface area contributed by atoms with Gasteiger partial charge < -0.3 is 15.5 Å². The van der Waals surface area contributed by atoms with Crippen molar-refractivity contribution in [1.29, 1.82) is 0 Å². The van der Waals surface area contributed by atoms with Gasteiger partial charge in [-0.1, -0.05) is 0 Å². The van der Waals surface area contributed by atoms with Crippen LogP contribution in [0.2, 0.25) is 0 Å². The zero-order valence-electron chi connectivity index (χ0n) is 7.26. The van der Waals surface area contributed by atoms with Gasteiger partial charge in [-0.05, 0) is 25.6 Å². The van der Waals surface area contributed by atoms with Crippen LogP contribution in [0.3, 0.4) is 0 Å². The van der Waals surface area contributed by atoms with E-state index in [0.29, 0.717) is 6.54 Å². The average Bonchev–Trinajstić information content (AvgIpc) is 2.01. The van der Waals surface area contributed by atoms with Crippen molar-refractivity contribution in [3.05, 3.63) is 23.3 Å². The number of aryl methyl sites for hydroxylation is 1. The minimum atomic E-state index is 0.132. The number of benzene rings is 1. The molecule has 1 aromatic rings. The highest BCUT2D eigenvalue weighted by molar-refractivity contribution is 5.44. The lowest BCUT2D eigenvalue weighted by atomic mass is 10.1. The van der Waals surface area contributed by atoms with Crippen molar-refractivity contribution >= 4 is 0 Å². The van der Waals surface area contributed by atoms with Crippen LogP contribution in [0.4, 0.5) is 0 Å². The van der Waals surface area contributed by atoms with Crippen LogP contribution in [-0.2, 0) is 6.54 Å². The lowest BCUT2D eigenvalue weighted by Gasteiger charge is -2.06. The Morgan fingerprint density at radius 3 is 2.50 bits per heavy atom. The third kappa shape index (κ3) is 1.68. The molecule has 0 unspecified atom stereocenters. The summed E-state index contributed by atoms with van der Waals surface area (Å²) >= 11 is 0. The summed E-state index contributed by atoms with van der Waals surface area (Å²) in [5, 5.41) is 21.5. The molecule has 3 heteroatoms. The van der Waals surface area contributed by atoms with Crippen molar-refractivity contribution < 1.29 is 10.2 Å². The van der Waals surface area contributed by atoms with Crippen LogP contribution in [0.1, 0.15) is 11.1 Å². The van der Waals surface area contributed by atoms with Crippen molar-refractivity contribution in [3.8, 4) is 11.5 Å². The third-order valence-electron chi connectivity index (χ3n) is 1.76. The number of phenolic OH excluding ortho intramolecular Hbond substituents is 2. The largest absolute Gasteiger partial charge is 0.508 e. The molecule has 0 aliphatic rings. The van der Waals surface area contributed by atoms with Gasteiger partial charge in [0.1, 0.15) is 11.5 Å². The molecular weight excluding hydrogens is 154 g/mol. The van der Waals surface area contributed by atoms with Crippen LogP contribution >= 0.6 is 0 Å². The van der Waals surface area contributed by atoms with Gasteiger partial charge in [-0.3, -0.25) is 0 Å². The van der Waals surface area contributed by atoms with Crippen LogP contribution in [-0.4, -0.2) is 17.3 Å². The SMILES string of the molecule is CNCc1cc(C)c(O)cc1O. The highest BCUT2D eigenvalue weighted by atomic mass is 16.3. The highest BCUT2D eigenvalue weighted by Gasteiger charge is 2.03. The van der Waals surface area contributed by atoms with E-state index in [1.54, 1.807) is 13.0 Å². The lowest BCUT2D eigenvalue weighted by molar-refractivity contribution is 0.442. The third-order valence-corrected chi connectivity index (χ3v) is 1.76. The molecule has 1 rings (SSSR count). The molecule has 0 aliphatic heterocycles. The molecule has 0 bridgehead atoms. The van der Waals surface area contributed by atoms with Gasteiger partial charge >= 0.3 is 0 Å². The molecule has 1 aromatic carbocycles. The maximum absolute atomic E-state index is 9.35. The summed E-state index contributed by atoms with van der Waals surface area (Å²) in [7, 11) is 1.81. The molecule has 0 saturated carbocycles. The summed E-state index contributed by atoms with van der Waals surface area (Å²) in [4.78, 5) is 0. The molecule has 0 heterocycles. The number of hydrogen-bond donors (Lipinski definition) is 3. The van der Waals surface area contributed by atoms with E-state index < -0.39 is 0 Å². The summed E-state index contributed by atoms with van der Waals surface area (Å²) in [6, 6.07) is 3.13. The number of rotatable bonds is 2. The zero-order valence-corrected chi connectivity index (χ0v) is 7.26. The molecule has 3 N–H and O–H groups in total. The molecule has 66 valence electrons. The Bertz CT molecular complexity index is 284. The Kier molecular flexibility index (Phi) is 2.55. The van der Waals surface area contributed by atoms with Gasteiger partial charge in [0.25, 0.3) is 0 Å². The first kappa shape index (κ1) is 8.87. The predicted molar refractivity (Wildman–Crippen MR) is 47.3 cm³/mol. The first-order valence-electron chi connectivity index (χ1n) is 3.81. The van der Waals surface area contributed by atoms with Crippen molar-refractivity contribution in [1.82, 2.24) is 5.32 Å². The Labute approximate surface area is 71.7 Å². The summed E-state index contributed by atoms with van der Waals surface area (Å²) in [5.74, 6) is 0.264. The molecule has 0 spiro atoms. The minimum Gasteiger partial charge on any atom is -0.508 e. The molecule has 0 amide bonds. The monoisotopic (exact) mass is 167 g/mol. The average molecular weight is 167 g/mol. The van der Waals surface area contributed by atoms with Crippen molar-refractivity contribution in [2.45, 2.75) is 13.5 Å². The van der Waals surface area contributed by atoms with Crippen molar-refractivity contribution in [2.24, 2.45) is 0 Å². The van der Waals surface area contributed by atoms with Gasteiger partial charge in [-0.15, -0.1) is 0 Å². The van der Waals surface area contributed by atoms with E-state index >= 15 is 0 Å². The maximum atomic E-state index is 9.35.